The molecule has 2 amide bonds. The molecule has 2 N–H and O–H groups in total. The van der Waals surface area contributed by atoms with Gasteiger partial charge >= 0.3 is 0 Å². The van der Waals surface area contributed by atoms with Gasteiger partial charge in [0.25, 0.3) is 5.91 Å². The van der Waals surface area contributed by atoms with E-state index in [0.717, 1.165) is 16.7 Å². The quantitative estimate of drug-likeness (QED) is 0.600. The van der Waals surface area contributed by atoms with Crippen molar-refractivity contribution in [3.8, 4) is 11.1 Å². The highest BCUT2D eigenvalue weighted by Crippen LogP contribution is 2.38. The van der Waals surface area contributed by atoms with E-state index in [9.17, 15) is 9.59 Å². The Kier molecular flexibility index (Phi) is 6.35. The Morgan fingerprint density at radius 3 is 2.62 bits per heavy atom. The molecule has 3 aromatic rings. The number of likely N-dealkylation sites (tertiary alicyclic amines) is 1. The number of aromatic nitrogens is 3. The molecule has 1 saturated heterocycles. The summed E-state index contributed by atoms with van der Waals surface area (Å²) < 4.78 is 0. The van der Waals surface area contributed by atoms with Crippen LogP contribution in [0.2, 0.25) is 0 Å². The standard InChI is InChI=1S/C25H29N5O2/c1-18(2)16-27-24(32)25(10-14-30(17-25)23(31)22-9-13-28-29-22)15-20-5-3-4-6-21(20)19-7-11-26-12-8-19/h3-9,11-13,18H,10,14-17H2,1-2H3,(H,27,32)(H,28,29). The molecular weight excluding hydrogens is 402 g/mol. The minimum Gasteiger partial charge on any atom is -0.355 e. The second-order valence-electron chi connectivity index (χ2n) is 8.90. The number of rotatable bonds is 7. The molecule has 32 heavy (non-hydrogen) atoms. The van der Waals surface area contributed by atoms with Gasteiger partial charge in [-0.1, -0.05) is 38.1 Å². The van der Waals surface area contributed by atoms with Gasteiger partial charge in [0.15, 0.2) is 0 Å². The molecule has 1 unspecified atom stereocenters. The monoisotopic (exact) mass is 431 g/mol. The number of carbonyl (C=O) groups excluding carboxylic acids is 2. The van der Waals surface area contributed by atoms with Crippen LogP contribution in [0, 0.1) is 11.3 Å². The van der Waals surface area contributed by atoms with Crippen molar-refractivity contribution in [2.75, 3.05) is 19.6 Å². The third-order valence-electron chi connectivity index (χ3n) is 6.06. The van der Waals surface area contributed by atoms with E-state index in [0.29, 0.717) is 44.1 Å². The van der Waals surface area contributed by atoms with Gasteiger partial charge in [-0.3, -0.25) is 19.7 Å². The van der Waals surface area contributed by atoms with E-state index in [1.807, 2.05) is 24.3 Å². The van der Waals surface area contributed by atoms with Gasteiger partial charge in [-0.05, 0) is 53.6 Å². The Bertz CT molecular complexity index is 1060. The second-order valence-corrected chi connectivity index (χ2v) is 8.90. The summed E-state index contributed by atoms with van der Waals surface area (Å²) in [5.41, 5.74) is 3.00. The second kappa shape index (κ2) is 9.34. The maximum Gasteiger partial charge on any atom is 0.271 e. The van der Waals surface area contributed by atoms with Crippen molar-refractivity contribution in [2.24, 2.45) is 11.3 Å². The lowest BCUT2D eigenvalue weighted by molar-refractivity contribution is -0.130. The van der Waals surface area contributed by atoms with E-state index < -0.39 is 5.41 Å². The van der Waals surface area contributed by atoms with Crippen LogP contribution in [0.5, 0.6) is 0 Å². The molecule has 4 rings (SSSR count). The number of aromatic amines is 1. The van der Waals surface area contributed by atoms with Crippen molar-refractivity contribution < 1.29 is 9.59 Å². The maximum absolute atomic E-state index is 13.5. The predicted molar refractivity (Wildman–Crippen MR) is 123 cm³/mol. The third kappa shape index (κ3) is 4.56. The topological polar surface area (TPSA) is 91.0 Å². The molecule has 0 bridgehead atoms. The van der Waals surface area contributed by atoms with Crippen LogP contribution in [0.3, 0.4) is 0 Å². The number of benzene rings is 1. The minimum atomic E-state index is -0.687. The highest BCUT2D eigenvalue weighted by molar-refractivity contribution is 5.93. The Hall–Kier alpha value is -3.48. The van der Waals surface area contributed by atoms with Crippen molar-refractivity contribution in [1.29, 1.82) is 0 Å². The molecule has 2 aromatic heterocycles. The van der Waals surface area contributed by atoms with Gasteiger partial charge in [0.05, 0.1) is 5.41 Å². The number of carbonyl (C=O) groups is 2. The first-order chi connectivity index (χ1) is 15.5. The van der Waals surface area contributed by atoms with Crippen LogP contribution >= 0.6 is 0 Å². The Morgan fingerprint density at radius 2 is 1.91 bits per heavy atom. The fraction of sp³-hybridized carbons (Fsp3) is 0.360. The van der Waals surface area contributed by atoms with Crippen LogP contribution < -0.4 is 5.32 Å². The number of hydrogen-bond acceptors (Lipinski definition) is 4. The van der Waals surface area contributed by atoms with E-state index >= 15 is 0 Å². The fourth-order valence-corrected chi connectivity index (χ4v) is 4.34. The lowest BCUT2D eigenvalue weighted by atomic mass is 9.78. The molecule has 7 nitrogen and oxygen atoms in total. The smallest absolute Gasteiger partial charge is 0.271 e. The number of nitrogens with zero attached hydrogens (tertiary/aromatic N) is 3. The molecule has 166 valence electrons. The van der Waals surface area contributed by atoms with Gasteiger partial charge in [0, 0.05) is 38.2 Å². The number of nitrogens with one attached hydrogen (secondary N) is 2. The Morgan fingerprint density at radius 1 is 1.12 bits per heavy atom. The molecule has 1 aliphatic rings. The molecule has 0 radical (unpaired) electrons. The summed E-state index contributed by atoms with van der Waals surface area (Å²) in [5, 5.41) is 9.77. The van der Waals surface area contributed by atoms with Crippen LogP contribution in [0.4, 0.5) is 0 Å². The van der Waals surface area contributed by atoms with Crippen LogP contribution in [-0.2, 0) is 11.2 Å². The summed E-state index contributed by atoms with van der Waals surface area (Å²) in [6.45, 7) is 5.67. The SMILES string of the molecule is CC(C)CNC(=O)C1(Cc2ccccc2-c2ccncc2)CCN(C(=O)c2ccn[nH]2)C1. The van der Waals surface area contributed by atoms with E-state index in [-0.39, 0.29) is 11.8 Å². The first-order valence-corrected chi connectivity index (χ1v) is 11.0. The molecule has 1 aromatic carbocycles. The third-order valence-corrected chi connectivity index (χ3v) is 6.06. The van der Waals surface area contributed by atoms with Gasteiger partial charge in [0.1, 0.15) is 5.69 Å². The average molecular weight is 432 g/mol. The molecule has 0 aliphatic carbocycles. The summed E-state index contributed by atoms with van der Waals surface area (Å²) in [7, 11) is 0. The zero-order valence-corrected chi connectivity index (χ0v) is 18.5. The summed E-state index contributed by atoms with van der Waals surface area (Å²) in [6, 6.07) is 13.8. The van der Waals surface area contributed by atoms with Crippen molar-refractivity contribution >= 4 is 11.8 Å². The fourth-order valence-electron chi connectivity index (χ4n) is 4.34. The maximum atomic E-state index is 13.5. The van der Waals surface area contributed by atoms with Crippen molar-refractivity contribution in [3.63, 3.8) is 0 Å². The molecule has 1 fully saturated rings. The molecule has 0 spiro atoms. The summed E-state index contributed by atoms with van der Waals surface area (Å²) >= 11 is 0. The summed E-state index contributed by atoms with van der Waals surface area (Å²) in [6.07, 6.45) is 6.29. The number of hydrogen-bond donors (Lipinski definition) is 2. The highest BCUT2D eigenvalue weighted by Gasteiger charge is 2.46. The Labute approximate surface area is 188 Å². The Balaban J connectivity index is 1.64. The summed E-state index contributed by atoms with van der Waals surface area (Å²) in [5.74, 6) is 0.239. The first kappa shape index (κ1) is 21.7. The van der Waals surface area contributed by atoms with Gasteiger partial charge < -0.3 is 10.2 Å². The molecule has 3 heterocycles. The zero-order chi connectivity index (χ0) is 22.6. The van der Waals surface area contributed by atoms with Crippen LogP contribution in [0.25, 0.3) is 11.1 Å². The lowest BCUT2D eigenvalue weighted by Gasteiger charge is -2.29. The number of H-pyrrole nitrogens is 1. The average Bonchev–Trinajstić information content (AvgIpc) is 3.49. The van der Waals surface area contributed by atoms with E-state index in [4.69, 9.17) is 0 Å². The highest BCUT2D eigenvalue weighted by atomic mass is 16.2. The molecule has 0 saturated carbocycles. The van der Waals surface area contributed by atoms with E-state index in [1.165, 1.54) is 0 Å². The predicted octanol–water partition coefficient (Wildman–Crippen LogP) is 3.32. The molecule has 1 atom stereocenters. The van der Waals surface area contributed by atoms with Crippen LogP contribution in [0.15, 0.2) is 61.1 Å². The van der Waals surface area contributed by atoms with Crippen molar-refractivity contribution in [2.45, 2.75) is 26.7 Å². The lowest BCUT2D eigenvalue weighted by Crippen LogP contribution is -2.46. The largest absolute Gasteiger partial charge is 0.355 e. The van der Waals surface area contributed by atoms with E-state index in [1.54, 1.807) is 29.6 Å². The summed E-state index contributed by atoms with van der Waals surface area (Å²) in [4.78, 5) is 32.3. The molecular formula is C25H29N5O2. The van der Waals surface area contributed by atoms with Gasteiger partial charge in [-0.2, -0.15) is 5.10 Å². The van der Waals surface area contributed by atoms with Crippen LogP contribution in [-0.4, -0.2) is 51.5 Å². The van der Waals surface area contributed by atoms with Crippen LogP contribution in [0.1, 0.15) is 36.3 Å². The number of pyridine rings is 1. The first-order valence-electron chi connectivity index (χ1n) is 11.0. The number of amides is 2. The van der Waals surface area contributed by atoms with E-state index in [2.05, 4.69) is 46.5 Å². The minimum absolute atomic E-state index is 0.00985. The van der Waals surface area contributed by atoms with Gasteiger partial charge in [-0.15, -0.1) is 0 Å². The van der Waals surface area contributed by atoms with Gasteiger partial charge in [0.2, 0.25) is 5.91 Å². The molecule has 7 heteroatoms. The normalized spacial score (nSPS) is 18.2. The van der Waals surface area contributed by atoms with Crippen molar-refractivity contribution in [1.82, 2.24) is 25.4 Å². The van der Waals surface area contributed by atoms with Gasteiger partial charge in [-0.25, -0.2) is 0 Å². The molecule has 1 aliphatic heterocycles. The van der Waals surface area contributed by atoms with Crippen molar-refractivity contribution in [3.05, 3.63) is 72.3 Å². The zero-order valence-electron chi connectivity index (χ0n) is 18.5.